The van der Waals surface area contributed by atoms with Gasteiger partial charge in [0, 0.05) is 18.5 Å². The third-order valence-corrected chi connectivity index (χ3v) is 3.79. The zero-order valence-corrected chi connectivity index (χ0v) is 11.7. The Hall–Kier alpha value is -2.15. The molecule has 2 rings (SSSR count). The Bertz CT molecular complexity index is 546. The molecular weight excluding hydrogens is 276 g/mol. The predicted molar refractivity (Wildman–Crippen MR) is 76.3 cm³/mol. The number of esters is 1. The molecule has 1 fully saturated rings. The molecule has 21 heavy (non-hydrogen) atoms. The number of nitro groups is 1. The van der Waals surface area contributed by atoms with Crippen LogP contribution in [0.2, 0.25) is 0 Å². The minimum absolute atomic E-state index is 0.0754. The number of aliphatic hydroxyl groups excluding tert-OH is 1. The van der Waals surface area contributed by atoms with Crippen LogP contribution in [0.3, 0.4) is 0 Å². The molecule has 1 saturated carbocycles. The summed E-state index contributed by atoms with van der Waals surface area (Å²) >= 11 is 0. The third kappa shape index (κ3) is 3.49. The van der Waals surface area contributed by atoms with E-state index in [0.717, 1.165) is 19.3 Å². The Morgan fingerprint density at radius 3 is 2.86 bits per heavy atom. The fraction of sp³-hybridized carbons (Fsp3) is 0.500. The first-order valence-corrected chi connectivity index (χ1v) is 6.81. The van der Waals surface area contributed by atoms with E-state index in [9.17, 15) is 20.0 Å². The third-order valence-electron chi connectivity index (χ3n) is 3.79. The molecule has 0 aromatic heterocycles. The molecule has 0 amide bonds. The van der Waals surface area contributed by atoms with Crippen molar-refractivity contribution in [3.05, 3.63) is 33.9 Å². The van der Waals surface area contributed by atoms with Crippen LogP contribution in [-0.4, -0.2) is 35.8 Å². The van der Waals surface area contributed by atoms with Gasteiger partial charge in [0.25, 0.3) is 5.69 Å². The van der Waals surface area contributed by atoms with Gasteiger partial charge < -0.3 is 15.2 Å². The van der Waals surface area contributed by atoms with Crippen LogP contribution in [0.15, 0.2) is 18.2 Å². The van der Waals surface area contributed by atoms with Gasteiger partial charge in [-0.25, -0.2) is 4.79 Å². The average molecular weight is 294 g/mol. The molecule has 0 saturated heterocycles. The standard InChI is InChI=1S/C14H18N2O5/c1-21-14(18)9-5-6-12(16(19)20)11(7-9)15-8-10-3-2-4-13(10)17/h5-7,10,13,15,17H,2-4,8H2,1H3/t10-,13-/m0/s1. The molecule has 2 atom stereocenters. The van der Waals surface area contributed by atoms with Crippen LogP contribution in [0.1, 0.15) is 29.6 Å². The number of carbonyl (C=O) groups is 1. The number of aliphatic hydroxyl groups is 1. The maximum Gasteiger partial charge on any atom is 0.337 e. The quantitative estimate of drug-likeness (QED) is 0.489. The van der Waals surface area contributed by atoms with Gasteiger partial charge in [-0.1, -0.05) is 6.42 Å². The van der Waals surface area contributed by atoms with Gasteiger partial charge in [0.2, 0.25) is 0 Å². The van der Waals surface area contributed by atoms with E-state index in [-0.39, 0.29) is 29.0 Å². The summed E-state index contributed by atoms with van der Waals surface area (Å²) in [6.07, 6.45) is 2.23. The maximum atomic E-state index is 11.5. The summed E-state index contributed by atoms with van der Waals surface area (Å²) in [7, 11) is 1.26. The van der Waals surface area contributed by atoms with E-state index in [0.29, 0.717) is 6.54 Å². The lowest BCUT2D eigenvalue weighted by Gasteiger charge is -2.16. The Labute approximate surface area is 122 Å². The molecule has 0 spiro atoms. The monoisotopic (exact) mass is 294 g/mol. The number of methoxy groups -OCH3 is 1. The highest BCUT2D eigenvalue weighted by atomic mass is 16.6. The molecule has 0 radical (unpaired) electrons. The molecule has 7 heteroatoms. The SMILES string of the molecule is COC(=O)c1ccc([N+](=O)[O-])c(NC[C@@H]2CCC[C@@H]2O)c1. The van der Waals surface area contributed by atoms with Crippen LogP contribution in [-0.2, 0) is 4.74 Å². The number of nitro benzene ring substituents is 1. The van der Waals surface area contributed by atoms with Crippen molar-refractivity contribution in [1.82, 2.24) is 0 Å². The van der Waals surface area contributed by atoms with Gasteiger partial charge >= 0.3 is 5.97 Å². The fourth-order valence-electron chi connectivity index (χ4n) is 2.58. The summed E-state index contributed by atoms with van der Waals surface area (Å²) in [5.74, 6) is -0.472. The van der Waals surface area contributed by atoms with E-state index in [1.54, 1.807) is 0 Å². The largest absolute Gasteiger partial charge is 0.465 e. The van der Waals surface area contributed by atoms with Crippen LogP contribution in [0, 0.1) is 16.0 Å². The van der Waals surface area contributed by atoms with E-state index >= 15 is 0 Å². The van der Waals surface area contributed by atoms with Crippen LogP contribution >= 0.6 is 0 Å². The van der Waals surface area contributed by atoms with Crippen molar-refractivity contribution >= 4 is 17.3 Å². The van der Waals surface area contributed by atoms with Crippen molar-refractivity contribution in [3.63, 3.8) is 0 Å². The van der Waals surface area contributed by atoms with E-state index in [1.165, 1.54) is 25.3 Å². The van der Waals surface area contributed by atoms with Crippen molar-refractivity contribution in [2.24, 2.45) is 5.92 Å². The van der Waals surface area contributed by atoms with Crippen molar-refractivity contribution in [2.75, 3.05) is 19.0 Å². The lowest BCUT2D eigenvalue weighted by atomic mass is 10.1. The molecule has 0 bridgehead atoms. The summed E-state index contributed by atoms with van der Waals surface area (Å²) < 4.78 is 4.61. The number of hydrogen-bond donors (Lipinski definition) is 2. The number of rotatable bonds is 5. The van der Waals surface area contributed by atoms with Gasteiger partial charge in [0.15, 0.2) is 0 Å². The predicted octanol–water partition coefficient (Wildman–Crippen LogP) is 1.95. The topological polar surface area (TPSA) is 102 Å². The van der Waals surface area contributed by atoms with Crippen molar-refractivity contribution in [2.45, 2.75) is 25.4 Å². The molecule has 7 nitrogen and oxygen atoms in total. The normalized spacial score (nSPS) is 21.0. The molecular formula is C14H18N2O5. The van der Waals surface area contributed by atoms with Crippen molar-refractivity contribution in [3.8, 4) is 0 Å². The Kier molecular flexibility index (Phi) is 4.74. The number of benzene rings is 1. The van der Waals surface area contributed by atoms with Gasteiger partial charge in [0.1, 0.15) is 5.69 Å². The van der Waals surface area contributed by atoms with Gasteiger partial charge in [-0.15, -0.1) is 0 Å². The number of anilines is 1. The fourth-order valence-corrected chi connectivity index (χ4v) is 2.58. The second kappa shape index (κ2) is 6.53. The second-order valence-corrected chi connectivity index (χ2v) is 5.12. The molecule has 114 valence electrons. The summed E-state index contributed by atoms with van der Waals surface area (Å²) in [4.78, 5) is 22.0. The number of hydrogen-bond acceptors (Lipinski definition) is 6. The second-order valence-electron chi connectivity index (χ2n) is 5.12. The van der Waals surface area contributed by atoms with Crippen LogP contribution < -0.4 is 5.32 Å². The number of nitrogens with zero attached hydrogens (tertiary/aromatic N) is 1. The lowest BCUT2D eigenvalue weighted by molar-refractivity contribution is -0.384. The van der Waals surface area contributed by atoms with Gasteiger partial charge in [-0.05, 0) is 25.0 Å². The summed E-state index contributed by atoms with van der Waals surface area (Å²) in [6.45, 7) is 0.437. The molecule has 0 unspecified atom stereocenters. The molecule has 1 aromatic rings. The molecule has 2 N–H and O–H groups in total. The summed E-state index contributed by atoms with van der Waals surface area (Å²) in [5.41, 5.74) is 0.412. The van der Waals surface area contributed by atoms with Gasteiger partial charge in [-0.3, -0.25) is 10.1 Å². The first kappa shape index (κ1) is 15.2. The molecule has 1 aromatic carbocycles. The van der Waals surface area contributed by atoms with Crippen LogP contribution in [0.5, 0.6) is 0 Å². The van der Waals surface area contributed by atoms with Crippen LogP contribution in [0.25, 0.3) is 0 Å². The number of ether oxygens (including phenoxy) is 1. The maximum absolute atomic E-state index is 11.5. The summed E-state index contributed by atoms with van der Waals surface area (Å²) in [5, 5.41) is 23.8. The molecule has 0 aliphatic heterocycles. The lowest BCUT2D eigenvalue weighted by Crippen LogP contribution is -2.22. The smallest absolute Gasteiger partial charge is 0.337 e. The first-order valence-electron chi connectivity index (χ1n) is 6.81. The Morgan fingerprint density at radius 1 is 1.52 bits per heavy atom. The molecule has 1 aliphatic rings. The van der Waals surface area contributed by atoms with E-state index in [1.807, 2.05) is 0 Å². The number of carbonyl (C=O) groups excluding carboxylic acids is 1. The van der Waals surface area contributed by atoms with E-state index in [2.05, 4.69) is 10.1 Å². The minimum atomic E-state index is -0.547. The average Bonchev–Trinajstić information content (AvgIpc) is 2.89. The zero-order valence-electron chi connectivity index (χ0n) is 11.7. The van der Waals surface area contributed by atoms with E-state index in [4.69, 9.17) is 0 Å². The molecule has 1 aliphatic carbocycles. The Balaban J connectivity index is 2.18. The van der Waals surface area contributed by atoms with Gasteiger partial charge in [0.05, 0.1) is 23.7 Å². The van der Waals surface area contributed by atoms with Crippen molar-refractivity contribution < 1.29 is 19.6 Å². The minimum Gasteiger partial charge on any atom is -0.465 e. The Morgan fingerprint density at radius 2 is 2.29 bits per heavy atom. The van der Waals surface area contributed by atoms with Gasteiger partial charge in [-0.2, -0.15) is 0 Å². The van der Waals surface area contributed by atoms with Crippen molar-refractivity contribution in [1.29, 1.82) is 0 Å². The highest BCUT2D eigenvalue weighted by Crippen LogP contribution is 2.29. The summed E-state index contributed by atoms with van der Waals surface area (Å²) in [6, 6.07) is 4.05. The number of nitrogens with one attached hydrogen (secondary N) is 1. The molecule has 0 heterocycles. The zero-order chi connectivity index (χ0) is 15.4. The highest BCUT2D eigenvalue weighted by molar-refractivity contribution is 5.91. The highest BCUT2D eigenvalue weighted by Gasteiger charge is 2.26. The van der Waals surface area contributed by atoms with E-state index < -0.39 is 10.9 Å². The first-order chi connectivity index (χ1) is 10.0. The van der Waals surface area contributed by atoms with Crippen LogP contribution in [0.4, 0.5) is 11.4 Å².